The smallest absolute Gasteiger partial charge is 0.225 e. The maximum Gasteiger partial charge on any atom is 0.225 e. The Bertz CT molecular complexity index is 468. The second-order valence-corrected chi connectivity index (χ2v) is 5.57. The minimum atomic E-state index is -0.0969. The highest BCUT2D eigenvalue weighted by molar-refractivity contribution is 5.80. The topological polar surface area (TPSA) is 46.3 Å². The third-order valence-corrected chi connectivity index (χ3v) is 3.71. The molecular weight excluding hydrogens is 224 g/mol. The van der Waals surface area contributed by atoms with Crippen LogP contribution in [0.4, 0.5) is 0 Å². The number of hydrogen-bond donors (Lipinski definition) is 1. The second kappa shape index (κ2) is 4.73. The molecule has 0 saturated carbocycles. The van der Waals surface area contributed by atoms with Gasteiger partial charge in [0.15, 0.2) is 0 Å². The van der Waals surface area contributed by atoms with Gasteiger partial charge in [-0.25, -0.2) is 0 Å². The lowest BCUT2D eigenvalue weighted by Gasteiger charge is -2.32. The number of aryl methyl sites for hydroxylation is 2. The van der Waals surface area contributed by atoms with E-state index in [2.05, 4.69) is 32.0 Å². The van der Waals surface area contributed by atoms with Crippen LogP contribution in [0.2, 0.25) is 0 Å². The van der Waals surface area contributed by atoms with Crippen LogP contribution in [0.1, 0.15) is 43.0 Å². The zero-order valence-corrected chi connectivity index (χ0v) is 11.6. The monoisotopic (exact) mass is 246 g/mol. The summed E-state index contributed by atoms with van der Waals surface area (Å²) >= 11 is 0. The molecule has 1 heterocycles. The number of nitrogens with two attached hydrogens (primary N) is 1. The Hall–Kier alpha value is -1.35. The van der Waals surface area contributed by atoms with E-state index in [-0.39, 0.29) is 24.0 Å². The molecule has 2 unspecified atom stereocenters. The number of carbonyl (C=O) groups is 1. The fourth-order valence-corrected chi connectivity index (χ4v) is 2.85. The van der Waals surface area contributed by atoms with Crippen LogP contribution in [0.15, 0.2) is 18.2 Å². The number of rotatable bonds is 2. The molecule has 1 amide bonds. The molecule has 1 aliphatic heterocycles. The summed E-state index contributed by atoms with van der Waals surface area (Å²) in [5.74, 6) is 0.170. The molecule has 2 atom stereocenters. The van der Waals surface area contributed by atoms with E-state index >= 15 is 0 Å². The van der Waals surface area contributed by atoms with Crippen LogP contribution in [0.3, 0.4) is 0 Å². The number of benzene rings is 1. The molecule has 1 aliphatic rings. The van der Waals surface area contributed by atoms with Gasteiger partial charge in [0.25, 0.3) is 0 Å². The van der Waals surface area contributed by atoms with Crippen LogP contribution in [-0.4, -0.2) is 22.9 Å². The molecular formula is C15H22N2O. The molecule has 0 aliphatic carbocycles. The minimum absolute atomic E-state index is 0.0254. The summed E-state index contributed by atoms with van der Waals surface area (Å²) in [5.41, 5.74) is 9.81. The quantitative estimate of drug-likeness (QED) is 0.870. The third-order valence-electron chi connectivity index (χ3n) is 3.71. The van der Waals surface area contributed by atoms with Gasteiger partial charge in [-0.05, 0) is 38.8 Å². The van der Waals surface area contributed by atoms with E-state index in [1.165, 1.54) is 16.7 Å². The lowest BCUT2D eigenvalue weighted by atomic mass is 9.94. The first-order valence-electron chi connectivity index (χ1n) is 6.55. The molecule has 3 nitrogen and oxygen atoms in total. The van der Waals surface area contributed by atoms with Crippen molar-refractivity contribution in [2.45, 2.75) is 52.2 Å². The fraction of sp³-hybridized carbons (Fsp3) is 0.533. The van der Waals surface area contributed by atoms with E-state index < -0.39 is 0 Å². The summed E-state index contributed by atoms with van der Waals surface area (Å²) in [4.78, 5) is 14.0. The molecule has 18 heavy (non-hydrogen) atoms. The Balaban J connectivity index is 2.46. The van der Waals surface area contributed by atoms with Crippen molar-refractivity contribution in [1.82, 2.24) is 4.90 Å². The van der Waals surface area contributed by atoms with Gasteiger partial charge in [-0.2, -0.15) is 0 Å². The summed E-state index contributed by atoms with van der Waals surface area (Å²) in [7, 11) is 0. The van der Waals surface area contributed by atoms with Gasteiger partial charge in [-0.15, -0.1) is 0 Å². The van der Waals surface area contributed by atoms with Gasteiger partial charge in [-0.3, -0.25) is 4.79 Å². The molecule has 0 aromatic heterocycles. The summed E-state index contributed by atoms with van der Waals surface area (Å²) in [5, 5.41) is 0. The van der Waals surface area contributed by atoms with E-state index in [0.29, 0.717) is 6.42 Å². The van der Waals surface area contributed by atoms with Crippen molar-refractivity contribution >= 4 is 5.91 Å². The van der Waals surface area contributed by atoms with Crippen LogP contribution >= 0.6 is 0 Å². The Morgan fingerprint density at radius 1 is 1.33 bits per heavy atom. The average molecular weight is 246 g/mol. The van der Waals surface area contributed by atoms with Crippen molar-refractivity contribution in [2.24, 2.45) is 5.73 Å². The molecule has 1 aromatic carbocycles. The van der Waals surface area contributed by atoms with Gasteiger partial charge in [-0.1, -0.05) is 23.8 Å². The first-order chi connectivity index (χ1) is 8.41. The van der Waals surface area contributed by atoms with Crippen LogP contribution in [0.25, 0.3) is 0 Å². The highest BCUT2D eigenvalue weighted by Crippen LogP contribution is 2.35. The maximum atomic E-state index is 12.1. The average Bonchev–Trinajstić information content (AvgIpc) is 2.57. The minimum Gasteiger partial charge on any atom is -0.332 e. The lowest BCUT2D eigenvalue weighted by Crippen LogP contribution is -2.38. The molecule has 0 radical (unpaired) electrons. The van der Waals surface area contributed by atoms with Gasteiger partial charge in [0.2, 0.25) is 5.91 Å². The van der Waals surface area contributed by atoms with Gasteiger partial charge in [0.05, 0.1) is 6.04 Å². The molecule has 2 rings (SSSR count). The highest BCUT2D eigenvalue weighted by atomic mass is 16.2. The Labute approximate surface area is 109 Å². The van der Waals surface area contributed by atoms with Gasteiger partial charge in [0, 0.05) is 18.5 Å². The fourth-order valence-electron chi connectivity index (χ4n) is 2.85. The molecule has 0 spiro atoms. The summed E-state index contributed by atoms with van der Waals surface area (Å²) in [6.45, 7) is 8.26. The SMILES string of the molecule is Cc1ccc(C)c(C2C(N)CC(=O)N2C(C)C)c1. The van der Waals surface area contributed by atoms with Gasteiger partial charge >= 0.3 is 0 Å². The number of nitrogens with zero attached hydrogens (tertiary/aromatic N) is 1. The van der Waals surface area contributed by atoms with Gasteiger partial charge < -0.3 is 10.6 Å². The number of carbonyl (C=O) groups excluding carboxylic acids is 1. The van der Waals surface area contributed by atoms with Crippen molar-refractivity contribution < 1.29 is 4.79 Å². The first-order valence-corrected chi connectivity index (χ1v) is 6.55. The highest BCUT2D eigenvalue weighted by Gasteiger charge is 2.40. The van der Waals surface area contributed by atoms with E-state index in [1.807, 2.05) is 18.7 Å². The Morgan fingerprint density at radius 2 is 2.00 bits per heavy atom. The number of likely N-dealkylation sites (tertiary alicyclic amines) is 1. The van der Waals surface area contributed by atoms with Crippen LogP contribution in [0, 0.1) is 13.8 Å². The van der Waals surface area contributed by atoms with Gasteiger partial charge in [0.1, 0.15) is 0 Å². The molecule has 1 fully saturated rings. The van der Waals surface area contributed by atoms with E-state index in [0.717, 1.165) is 0 Å². The molecule has 0 bridgehead atoms. The Kier molecular flexibility index (Phi) is 3.44. The van der Waals surface area contributed by atoms with E-state index in [1.54, 1.807) is 0 Å². The molecule has 3 heteroatoms. The molecule has 2 N–H and O–H groups in total. The zero-order valence-electron chi connectivity index (χ0n) is 11.6. The van der Waals surface area contributed by atoms with Crippen LogP contribution in [0.5, 0.6) is 0 Å². The second-order valence-electron chi connectivity index (χ2n) is 5.57. The largest absolute Gasteiger partial charge is 0.332 e. The summed E-state index contributed by atoms with van der Waals surface area (Å²) < 4.78 is 0. The molecule has 98 valence electrons. The van der Waals surface area contributed by atoms with Crippen molar-refractivity contribution in [3.8, 4) is 0 Å². The summed E-state index contributed by atoms with van der Waals surface area (Å²) in [6.07, 6.45) is 0.455. The van der Waals surface area contributed by atoms with E-state index in [4.69, 9.17) is 5.73 Å². The molecule has 1 aromatic rings. The predicted octanol–water partition coefficient (Wildman–Crippen LogP) is 2.31. The first kappa shape index (κ1) is 13.1. The lowest BCUT2D eigenvalue weighted by molar-refractivity contribution is -0.130. The zero-order chi connectivity index (χ0) is 13.4. The van der Waals surface area contributed by atoms with Crippen LogP contribution in [-0.2, 0) is 4.79 Å². The number of amides is 1. The predicted molar refractivity (Wildman–Crippen MR) is 73.2 cm³/mol. The summed E-state index contributed by atoms with van der Waals surface area (Å²) in [6, 6.07) is 6.49. The van der Waals surface area contributed by atoms with Crippen molar-refractivity contribution in [2.75, 3.05) is 0 Å². The van der Waals surface area contributed by atoms with E-state index in [9.17, 15) is 4.79 Å². The standard InChI is InChI=1S/C15H22N2O/c1-9(2)17-14(18)8-13(16)15(17)12-7-10(3)5-6-11(12)4/h5-7,9,13,15H,8,16H2,1-4H3. The third kappa shape index (κ3) is 2.15. The van der Waals surface area contributed by atoms with Crippen LogP contribution < -0.4 is 5.73 Å². The maximum absolute atomic E-state index is 12.1. The van der Waals surface area contributed by atoms with Crippen molar-refractivity contribution in [1.29, 1.82) is 0 Å². The van der Waals surface area contributed by atoms with Crippen molar-refractivity contribution in [3.05, 3.63) is 34.9 Å². The normalized spacial score (nSPS) is 24.1. The molecule has 1 saturated heterocycles. The Morgan fingerprint density at radius 3 is 2.61 bits per heavy atom. The van der Waals surface area contributed by atoms with Crippen molar-refractivity contribution in [3.63, 3.8) is 0 Å². The number of hydrogen-bond acceptors (Lipinski definition) is 2.